The molecule has 3 N–H and O–H groups in total. The van der Waals surface area contributed by atoms with Crippen molar-refractivity contribution in [1.82, 2.24) is 0 Å². The molecule has 0 aromatic heterocycles. The molecule has 11 heteroatoms. The van der Waals surface area contributed by atoms with Crippen LogP contribution in [0.5, 0.6) is 0 Å². The number of hydrogen-bond donors (Lipinski definition) is 2. The number of ether oxygens (including phenoxy) is 1. The van der Waals surface area contributed by atoms with Gasteiger partial charge in [0.15, 0.2) is 6.10 Å². The van der Waals surface area contributed by atoms with Gasteiger partial charge in [-0.1, -0.05) is 17.7 Å². The first-order chi connectivity index (χ1) is 14.0. The maximum absolute atomic E-state index is 12.9. The number of nitrogen functional groups attached to an aromatic ring is 1. The molecular formula is C19H15ClF3N3O4. The maximum Gasteiger partial charge on any atom is 0.416 e. The predicted molar refractivity (Wildman–Crippen MR) is 103 cm³/mol. The van der Waals surface area contributed by atoms with Gasteiger partial charge >= 0.3 is 12.1 Å². The van der Waals surface area contributed by atoms with E-state index in [4.69, 9.17) is 22.1 Å². The molecule has 2 aromatic rings. The zero-order valence-electron chi connectivity index (χ0n) is 15.4. The zero-order valence-corrected chi connectivity index (χ0v) is 16.2. The summed E-state index contributed by atoms with van der Waals surface area (Å²) in [6.45, 7) is 0.829. The molecule has 0 bridgehead atoms. The van der Waals surface area contributed by atoms with Crippen LogP contribution in [0.15, 0.2) is 36.4 Å². The van der Waals surface area contributed by atoms with E-state index in [2.05, 4.69) is 5.32 Å². The molecule has 0 aliphatic carbocycles. The lowest BCUT2D eigenvalue weighted by atomic mass is 10.1. The van der Waals surface area contributed by atoms with Crippen LogP contribution in [0.1, 0.15) is 22.8 Å². The Hall–Kier alpha value is -3.27. The van der Waals surface area contributed by atoms with E-state index in [1.165, 1.54) is 25.1 Å². The molecule has 3 rings (SSSR count). The third kappa shape index (κ3) is 4.18. The first kappa shape index (κ1) is 21.4. The van der Waals surface area contributed by atoms with Crippen LogP contribution >= 0.6 is 11.6 Å². The standard InChI is InChI=1S/C19H15ClF3N3O4/c1-9(30-18(29)11-3-2-4-12(20)16(11)24)17(28)26-8-15(27)25-13-7-10(19(21,22)23)5-6-14(13)26/h2-7,9H,8,24H2,1H3,(H,25,27). The van der Waals surface area contributed by atoms with E-state index in [9.17, 15) is 27.6 Å². The molecule has 0 saturated carbocycles. The minimum absolute atomic E-state index is 0.0220. The maximum atomic E-state index is 12.9. The Bertz CT molecular complexity index is 1040. The Morgan fingerprint density at radius 2 is 1.97 bits per heavy atom. The van der Waals surface area contributed by atoms with Crippen LogP contribution in [-0.4, -0.2) is 30.4 Å². The number of carbonyl (C=O) groups excluding carboxylic acids is 3. The number of benzene rings is 2. The van der Waals surface area contributed by atoms with Gasteiger partial charge in [-0.2, -0.15) is 13.2 Å². The largest absolute Gasteiger partial charge is 0.449 e. The van der Waals surface area contributed by atoms with Crippen LogP contribution in [0.25, 0.3) is 0 Å². The Labute approximate surface area is 173 Å². The smallest absolute Gasteiger partial charge is 0.416 e. The highest BCUT2D eigenvalue weighted by molar-refractivity contribution is 6.33. The molecule has 1 unspecified atom stereocenters. The molecule has 7 nitrogen and oxygen atoms in total. The number of nitrogens with one attached hydrogen (secondary N) is 1. The number of esters is 1. The summed E-state index contributed by atoms with van der Waals surface area (Å²) in [4.78, 5) is 38.0. The highest BCUT2D eigenvalue weighted by atomic mass is 35.5. The number of alkyl halides is 3. The predicted octanol–water partition coefficient (Wildman–Crippen LogP) is 3.47. The van der Waals surface area contributed by atoms with Crippen LogP contribution in [0.2, 0.25) is 5.02 Å². The number of anilines is 3. The van der Waals surface area contributed by atoms with E-state index in [1.807, 2.05) is 0 Å². The highest BCUT2D eigenvalue weighted by Gasteiger charge is 2.35. The van der Waals surface area contributed by atoms with E-state index in [-0.39, 0.29) is 27.6 Å². The van der Waals surface area contributed by atoms with Crippen molar-refractivity contribution in [2.24, 2.45) is 0 Å². The molecule has 2 aromatic carbocycles. The van der Waals surface area contributed by atoms with Gasteiger partial charge in [-0.3, -0.25) is 14.5 Å². The molecule has 1 aliphatic rings. The van der Waals surface area contributed by atoms with Crippen molar-refractivity contribution in [3.05, 3.63) is 52.5 Å². The third-order valence-electron chi connectivity index (χ3n) is 4.36. The van der Waals surface area contributed by atoms with Crippen molar-refractivity contribution in [1.29, 1.82) is 0 Å². The van der Waals surface area contributed by atoms with Gasteiger partial charge in [0.05, 0.1) is 33.2 Å². The van der Waals surface area contributed by atoms with E-state index in [0.29, 0.717) is 0 Å². The van der Waals surface area contributed by atoms with Crippen molar-refractivity contribution in [2.75, 3.05) is 22.5 Å². The molecule has 0 fully saturated rings. The number of halogens is 4. The zero-order chi connectivity index (χ0) is 22.2. The monoisotopic (exact) mass is 441 g/mol. The fourth-order valence-corrected chi connectivity index (χ4v) is 3.05. The second-order valence-corrected chi connectivity index (χ2v) is 6.86. The van der Waals surface area contributed by atoms with Gasteiger partial charge in [0.25, 0.3) is 5.91 Å². The lowest BCUT2D eigenvalue weighted by molar-refractivity contribution is -0.137. The van der Waals surface area contributed by atoms with E-state index in [1.54, 1.807) is 0 Å². The van der Waals surface area contributed by atoms with Crippen molar-refractivity contribution < 1.29 is 32.3 Å². The van der Waals surface area contributed by atoms with Gasteiger partial charge in [0.2, 0.25) is 5.91 Å². The van der Waals surface area contributed by atoms with Crippen LogP contribution < -0.4 is 16.0 Å². The van der Waals surface area contributed by atoms with Gasteiger partial charge in [0, 0.05) is 0 Å². The minimum atomic E-state index is -4.62. The number of rotatable bonds is 3. The Kier molecular flexibility index (Phi) is 5.62. The molecular weight excluding hydrogens is 427 g/mol. The molecule has 30 heavy (non-hydrogen) atoms. The molecule has 2 amide bonds. The second kappa shape index (κ2) is 7.86. The lowest BCUT2D eigenvalue weighted by Crippen LogP contribution is -2.47. The van der Waals surface area contributed by atoms with E-state index >= 15 is 0 Å². The lowest BCUT2D eigenvalue weighted by Gasteiger charge is -2.31. The molecule has 1 atom stereocenters. The summed E-state index contributed by atoms with van der Waals surface area (Å²) >= 11 is 5.86. The summed E-state index contributed by atoms with van der Waals surface area (Å²) in [5.74, 6) is -2.39. The third-order valence-corrected chi connectivity index (χ3v) is 4.69. The normalized spacial score (nSPS) is 14.6. The van der Waals surface area contributed by atoms with Crippen molar-refractivity contribution >= 4 is 46.4 Å². The number of amides is 2. The summed E-state index contributed by atoms with van der Waals surface area (Å²) in [5.41, 5.74) is 4.57. The SMILES string of the molecule is CC(OC(=O)c1cccc(Cl)c1N)C(=O)N1CC(=O)Nc2cc(C(F)(F)F)ccc21. The van der Waals surface area contributed by atoms with Crippen LogP contribution in [0.4, 0.5) is 30.2 Å². The first-order valence-corrected chi connectivity index (χ1v) is 8.94. The quantitative estimate of drug-likeness (QED) is 0.561. The molecule has 0 spiro atoms. The minimum Gasteiger partial charge on any atom is -0.449 e. The van der Waals surface area contributed by atoms with Gasteiger partial charge < -0.3 is 15.8 Å². The Balaban J connectivity index is 1.84. The Morgan fingerprint density at radius 1 is 1.27 bits per heavy atom. The summed E-state index contributed by atoms with van der Waals surface area (Å²) in [5, 5.41) is 2.43. The summed E-state index contributed by atoms with van der Waals surface area (Å²) in [6, 6.07) is 6.91. The molecule has 0 radical (unpaired) electrons. The Morgan fingerprint density at radius 3 is 2.63 bits per heavy atom. The number of hydrogen-bond acceptors (Lipinski definition) is 5. The number of nitrogens with two attached hydrogens (primary N) is 1. The summed E-state index contributed by atoms with van der Waals surface area (Å²) < 4.78 is 43.9. The molecule has 1 aliphatic heterocycles. The van der Waals surface area contributed by atoms with Crippen molar-refractivity contribution in [2.45, 2.75) is 19.2 Å². The van der Waals surface area contributed by atoms with Crippen LogP contribution in [-0.2, 0) is 20.5 Å². The summed E-state index contributed by atoms with van der Waals surface area (Å²) in [7, 11) is 0. The second-order valence-electron chi connectivity index (χ2n) is 6.45. The van der Waals surface area contributed by atoms with Crippen LogP contribution in [0.3, 0.4) is 0 Å². The number of fused-ring (bicyclic) bond motifs is 1. The molecule has 0 saturated heterocycles. The van der Waals surface area contributed by atoms with Gasteiger partial charge in [-0.05, 0) is 37.3 Å². The average molecular weight is 442 g/mol. The van der Waals surface area contributed by atoms with Crippen molar-refractivity contribution in [3.63, 3.8) is 0 Å². The van der Waals surface area contributed by atoms with Crippen LogP contribution in [0, 0.1) is 0 Å². The van der Waals surface area contributed by atoms with Crippen molar-refractivity contribution in [3.8, 4) is 0 Å². The fourth-order valence-electron chi connectivity index (χ4n) is 2.87. The van der Waals surface area contributed by atoms with E-state index in [0.717, 1.165) is 23.1 Å². The highest BCUT2D eigenvalue weighted by Crippen LogP contribution is 2.37. The molecule has 158 valence electrons. The van der Waals surface area contributed by atoms with Gasteiger partial charge in [-0.15, -0.1) is 0 Å². The van der Waals surface area contributed by atoms with Gasteiger partial charge in [0.1, 0.15) is 6.54 Å². The topological polar surface area (TPSA) is 102 Å². The van der Waals surface area contributed by atoms with Gasteiger partial charge in [-0.25, -0.2) is 4.79 Å². The number of carbonyl (C=O) groups is 3. The number of para-hydroxylation sites is 1. The fraction of sp³-hybridized carbons (Fsp3) is 0.211. The summed E-state index contributed by atoms with van der Waals surface area (Å²) in [6.07, 6.45) is -5.97. The van der Waals surface area contributed by atoms with E-state index < -0.39 is 42.2 Å². The number of nitrogens with zero attached hydrogens (tertiary/aromatic N) is 1. The average Bonchev–Trinajstić information content (AvgIpc) is 2.67. The molecule has 1 heterocycles. The first-order valence-electron chi connectivity index (χ1n) is 8.56.